The minimum atomic E-state index is -0.638. The predicted molar refractivity (Wildman–Crippen MR) is 113 cm³/mol. The second-order valence-electron chi connectivity index (χ2n) is 7.60. The van der Waals surface area contributed by atoms with Gasteiger partial charge in [0.2, 0.25) is 0 Å². The summed E-state index contributed by atoms with van der Waals surface area (Å²) in [6.45, 7) is 7.12. The molecule has 0 fully saturated rings. The van der Waals surface area contributed by atoms with E-state index in [-0.39, 0.29) is 12.0 Å². The summed E-state index contributed by atoms with van der Waals surface area (Å²) in [4.78, 5) is 11.1. The van der Waals surface area contributed by atoms with Gasteiger partial charge >= 0.3 is 5.97 Å². The second kappa shape index (κ2) is 9.95. The standard InChI is InChI=1S/C23H29NO4/c1-23(2,3)18-8-10-19(11-9-18)24-15-20(25)16-28-21-12-5-17(6-13-21)7-14-22(26)27-4/h5-14,20,24-25H,15-16H2,1-4H3. The van der Waals surface area contributed by atoms with Crippen molar-refractivity contribution in [2.75, 3.05) is 25.6 Å². The summed E-state index contributed by atoms with van der Waals surface area (Å²) in [5.74, 6) is 0.257. The van der Waals surface area contributed by atoms with E-state index in [4.69, 9.17) is 4.74 Å². The summed E-state index contributed by atoms with van der Waals surface area (Å²) in [7, 11) is 1.34. The monoisotopic (exact) mass is 383 g/mol. The lowest BCUT2D eigenvalue weighted by molar-refractivity contribution is -0.134. The zero-order valence-corrected chi connectivity index (χ0v) is 16.9. The van der Waals surface area contributed by atoms with Crippen molar-refractivity contribution >= 4 is 17.7 Å². The maximum absolute atomic E-state index is 11.1. The number of carbonyl (C=O) groups is 1. The van der Waals surface area contributed by atoms with Gasteiger partial charge in [-0.1, -0.05) is 45.0 Å². The quantitative estimate of drug-likeness (QED) is 0.532. The molecule has 2 rings (SSSR count). The summed E-state index contributed by atoms with van der Waals surface area (Å²) in [6, 6.07) is 15.5. The van der Waals surface area contributed by atoms with Crippen molar-refractivity contribution in [2.24, 2.45) is 0 Å². The molecule has 0 radical (unpaired) electrons. The SMILES string of the molecule is COC(=O)C=Cc1ccc(OCC(O)CNc2ccc(C(C)(C)C)cc2)cc1. The molecule has 0 aromatic heterocycles. The van der Waals surface area contributed by atoms with Gasteiger partial charge in [-0.15, -0.1) is 0 Å². The topological polar surface area (TPSA) is 67.8 Å². The van der Waals surface area contributed by atoms with E-state index in [0.29, 0.717) is 12.3 Å². The third-order valence-electron chi connectivity index (χ3n) is 4.23. The zero-order chi connectivity index (χ0) is 20.6. The first-order valence-electron chi connectivity index (χ1n) is 9.29. The highest BCUT2D eigenvalue weighted by Gasteiger charge is 2.13. The van der Waals surface area contributed by atoms with Gasteiger partial charge in [-0.25, -0.2) is 4.79 Å². The molecule has 2 N–H and O–H groups in total. The van der Waals surface area contributed by atoms with Crippen LogP contribution in [-0.2, 0) is 14.9 Å². The normalized spacial score (nSPS) is 12.6. The molecule has 1 atom stereocenters. The van der Waals surface area contributed by atoms with Crippen molar-refractivity contribution in [3.8, 4) is 5.75 Å². The van der Waals surface area contributed by atoms with Crippen molar-refractivity contribution in [3.63, 3.8) is 0 Å². The van der Waals surface area contributed by atoms with E-state index in [9.17, 15) is 9.90 Å². The number of nitrogens with one attached hydrogen (secondary N) is 1. The van der Waals surface area contributed by atoms with Gasteiger partial charge in [0.1, 0.15) is 18.5 Å². The van der Waals surface area contributed by atoms with Crippen LogP contribution in [0.4, 0.5) is 5.69 Å². The molecule has 28 heavy (non-hydrogen) atoms. The third-order valence-corrected chi connectivity index (χ3v) is 4.23. The predicted octanol–water partition coefficient (Wildman–Crippen LogP) is 4.02. The molecule has 0 aliphatic carbocycles. The average Bonchev–Trinajstić information content (AvgIpc) is 2.69. The van der Waals surface area contributed by atoms with Gasteiger partial charge in [-0.2, -0.15) is 0 Å². The Bertz CT molecular complexity index is 774. The molecule has 0 saturated heterocycles. The zero-order valence-electron chi connectivity index (χ0n) is 16.9. The number of rotatable bonds is 8. The number of methoxy groups -OCH3 is 1. The van der Waals surface area contributed by atoms with E-state index >= 15 is 0 Å². The Morgan fingerprint density at radius 1 is 1.11 bits per heavy atom. The molecule has 5 heteroatoms. The summed E-state index contributed by atoms with van der Waals surface area (Å²) in [5.41, 5.74) is 3.22. The number of carbonyl (C=O) groups excluding carboxylic acids is 1. The van der Waals surface area contributed by atoms with Crippen LogP contribution in [0.1, 0.15) is 31.9 Å². The first kappa shape index (κ1) is 21.5. The lowest BCUT2D eigenvalue weighted by atomic mass is 9.87. The minimum absolute atomic E-state index is 0.122. The molecule has 0 heterocycles. The molecular formula is C23H29NO4. The van der Waals surface area contributed by atoms with Crippen LogP contribution in [0, 0.1) is 0 Å². The Kier molecular flexibility index (Phi) is 7.64. The van der Waals surface area contributed by atoms with E-state index in [2.05, 4.69) is 43.0 Å². The van der Waals surface area contributed by atoms with Crippen LogP contribution in [0.25, 0.3) is 6.08 Å². The Morgan fingerprint density at radius 3 is 2.32 bits per heavy atom. The first-order chi connectivity index (χ1) is 13.3. The summed E-state index contributed by atoms with van der Waals surface area (Å²) in [5, 5.41) is 13.4. The molecule has 0 spiro atoms. The summed E-state index contributed by atoms with van der Waals surface area (Å²) >= 11 is 0. The molecule has 0 saturated carbocycles. The van der Waals surface area contributed by atoms with Crippen LogP contribution in [0.2, 0.25) is 0 Å². The van der Waals surface area contributed by atoms with Gasteiger partial charge in [0, 0.05) is 18.3 Å². The number of anilines is 1. The van der Waals surface area contributed by atoms with E-state index in [0.717, 1.165) is 11.3 Å². The van der Waals surface area contributed by atoms with Gasteiger partial charge in [-0.3, -0.25) is 0 Å². The number of aliphatic hydroxyl groups is 1. The fourth-order valence-electron chi connectivity index (χ4n) is 2.48. The Hall–Kier alpha value is -2.79. The molecule has 0 aliphatic rings. The van der Waals surface area contributed by atoms with Crippen molar-refractivity contribution in [1.29, 1.82) is 0 Å². The number of benzene rings is 2. The highest BCUT2D eigenvalue weighted by atomic mass is 16.5. The number of esters is 1. The molecule has 150 valence electrons. The molecule has 1 unspecified atom stereocenters. The van der Waals surface area contributed by atoms with E-state index in [1.165, 1.54) is 18.7 Å². The Labute approximate surface area is 167 Å². The average molecular weight is 383 g/mol. The van der Waals surface area contributed by atoms with Crippen molar-refractivity contribution in [1.82, 2.24) is 0 Å². The molecule has 0 bridgehead atoms. The molecule has 2 aromatic rings. The second-order valence-corrected chi connectivity index (χ2v) is 7.60. The number of aliphatic hydroxyl groups excluding tert-OH is 1. The van der Waals surface area contributed by atoms with Gasteiger partial charge in [0.15, 0.2) is 0 Å². The van der Waals surface area contributed by atoms with Crippen LogP contribution in [0.3, 0.4) is 0 Å². The van der Waals surface area contributed by atoms with Crippen molar-refractivity contribution in [3.05, 3.63) is 65.7 Å². The fourth-order valence-corrected chi connectivity index (χ4v) is 2.48. The molecule has 5 nitrogen and oxygen atoms in total. The van der Waals surface area contributed by atoms with Crippen molar-refractivity contribution < 1.29 is 19.4 Å². The van der Waals surface area contributed by atoms with Gasteiger partial charge in [0.05, 0.1) is 7.11 Å². The van der Waals surface area contributed by atoms with E-state index in [1.807, 2.05) is 24.3 Å². The fraction of sp³-hybridized carbons (Fsp3) is 0.348. The molecular weight excluding hydrogens is 354 g/mol. The molecule has 0 aliphatic heterocycles. The summed E-state index contributed by atoms with van der Waals surface area (Å²) in [6.07, 6.45) is 2.39. The summed E-state index contributed by atoms with van der Waals surface area (Å²) < 4.78 is 10.2. The van der Waals surface area contributed by atoms with Crippen molar-refractivity contribution in [2.45, 2.75) is 32.3 Å². The van der Waals surface area contributed by atoms with Crippen LogP contribution >= 0.6 is 0 Å². The maximum atomic E-state index is 11.1. The Balaban J connectivity index is 1.77. The maximum Gasteiger partial charge on any atom is 0.330 e. The number of hydrogen-bond donors (Lipinski definition) is 2. The van der Waals surface area contributed by atoms with E-state index in [1.54, 1.807) is 18.2 Å². The van der Waals surface area contributed by atoms with Gasteiger partial charge in [-0.05, 0) is 46.9 Å². The number of ether oxygens (including phenoxy) is 2. The number of hydrogen-bond acceptors (Lipinski definition) is 5. The van der Waals surface area contributed by atoms with Crippen LogP contribution in [0.5, 0.6) is 5.75 Å². The third kappa shape index (κ3) is 7.08. The Morgan fingerprint density at radius 2 is 1.75 bits per heavy atom. The van der Waals surface area contributed by atoms with Crippen LogP contribution in [-0.4, -0.2) is 37.4 Å². The minimum Gasteiger partial charge on any atom is -0.491 e. The van der Waals surface area contributed by atoms with Crippen LogP contribution in [0.15, 0.2) is 54.6 Å². The van der Waals surface area contributed by atoms with E-state index < -0.39 is 12.1 Å². The molecule has 0 amide bonds. The molecule has 2 aromatic carbocycles. The lowest BCUT2D eigenvalue weighted by Crippen LogP contribution is -2.26. The smallest absolute Gasteiger partial charge is 0.330 e. The highest BCUT2D eigenvalue weighted by molar-refractivity contribution is 5.86. The highest BCUT2D eigenvalue weighted by Crippen LogP contribution is 2.23. The first-order valence-corrected chi connectivity index (χ1v) is 9.29. The van der Waals surface area contributed by atoms with Gasteiger partial charge in [0.25, 0.3) is 0 Å². The van der Waals surface area contributed by atoms with Crippen LogP contribution < -0.4 is 10.1 Å². The largest absolute Gasteiger partial charge is 0.491 e. The lowest BCUT2D eigenvalue weighted by Gasteiger charge is -2.19. The van der Waals surface area contributed by atoms with Gasteiger partial charge < -0.3 is 19.9 Å².